The molecule has 1 aromatic rings. The number of halogens is 1. The number of ketones is 1. The molecule has 0 heterocycles. The first-order valence-electron chi connectivity index (χ1n) is 4.91. The van der Waals surface area contributed by atoms with Gasteiger partial charge in [-0.25, -0.2) is 0 Å². The Morgan fingerprint density at radius 1 is 1.06 bits per heavy atom. The molecule has 0 fully saturated rings. The molecule has 2 aliphatic rings. The highest BCUT2D eigenvalue weighted by molar-refractivity contribution is 9.12. The number of carbonyl (C=O) groups is 1. The minimum atomic E-state index is -0.0967. The molecule has 0 aromatic heterocycles. The van der Waals surface area contributed by atoms with Crippen LogP contribution in [-0.2, 0) is 4.79 Å². The van der Waals surface area contributed by atoms with Crippen molar-refractivity contribution in [2.75, 3.05) is 0 Å². The molecule has 3 rings (SSSR count). The lowest BCUT2D eigenvalue weighted by molar-refractivity contribution is -0.111. The molecule has 2 N–H and O–H groups in total. The maximum atomic E-state index is 12.0. The lowest BCUT2D eigenvalue weighted by Gasteiger charge is -2.13. The number of hydrogen-bond donors (Lipinski definition) is 1. The Hall–Kier alpha value is -1.61. The zero-order chi connectivity index (χ0) is 11.3. The molecule has 2 aliphatic carbocycles. The van der Waals surface area contributed by atoms with Gasteiger partial charge in [0.25, 0.3) is 0 Å². The molecule has 3 heteroatoms. The van der Waals surface area contributed by atoms with Gasteiger partial charge in [-0.05, 0) is 44.8 Å². The van der Waals surface area contributed by atoms with Crippen LogP contribution in [0.15, 0.2) is 46.1 Å². The number of hydrogen-bond acceptors (Lipinski definition) is 2. The number of rotatable bonds is 0. The van der Waals surface area contributed by atoms with Crippen LogP contribution in [0.25, 0.3) is 11.6 Å². The van der Waals surface area contributed by atoms with E-state index in [1.54, 1.807) is 0 Å². The van der Waals surface area contributed by atoms with Crippen molar-refractivity contribution in [3.63, 3.8) is 0 Å². The molecular formula is C13H8BrNO. The number of carbonyl (C=O) groups excluding carboxylic acids is 1. The van der Waals surface area contributed by atoms with Gasteiger partial charge in [0.2, 0.25) is 5.78 Å². The van der Waals surface area contributed by atoms with Gasteiger partial charge >= 0.3 is 0 Å². The molecule has 0 atom stereocenters. The Morgan fingerprint density at radius 3 is 2.62 bits per heavy atom. The van der Waals surface area contributed by atoms with Gasteiger partial charge in [-0.3, -0.25) is 4.79 Å². The van der Waals surface area contributed by atoms with Crippen molar-refractivity contribution in [1.29, 1.82) is 0 Å². The SMILES string of the molecule is NC1=C(Br)C=C2C(=Cc3ccccc32)C1=O. The summed E-state index contributed by atoms with van der Waals surface area (Å²) in [4.78, 5) is 12.0. The van der Waals surface area contributed by atoms with E-state index in [4.69, 9.17) is 5.73 Å². The molecule has 0 bridgehead atoms. The van der Waals surface area contributed by atoms with Crippen molar-refractivity contribution in [2.45, 2.75) is 0 Å². The number of Topliss-reactive ketones (excluding diaryl/α,β-unsaturated/α-hetero) is 1. The largest absolute Gasteiger partial charge is 0.395 e. The van der Waals surface area contributed by atoms with Gasteiger partial charge in [0.15, 0.2) is 0 Å². The Kier molecular flexibility index (Phi) is 1.91. The van der Waals surface area contributed by atoms with E-state index in [-0.39, 0.29) is 11.5 Å². The van der Waals surface area contributed by atoms with Crippen molar-refractivity contribution in [1.82, 2.24) is 0 Å². The van der Waals surface area contributed by atoms with Gasteiger partial charge < -0.3 is 5.73 Å². The molecule has 78 valence electrons. The van der Waals surface area contributed by atoms with Crippen LogP contribution in [0.5, 0.6) is 0 Å². The first-order valence-corrected chi connectivity index (χ1v) is 5.71. The van der Waals surface area contributed by atoms with E-state index in [0.717, 1.165) is 16.7 Å². The van der Waals surface area contributed by atoms with Crippen LogP contribution >= 0.6 is 15.9 Å². The summed E-state index contributed by atoms with van der Waals surface area (Å²) in [7, 11) is 0. The minimum Gasteiger partial charge on any atom is -0.395 e. The second-order valence-electron chi connectivity index (χ2n) is 3.79. The number of fused-ring (bicyclic) bond motifs is 3. The third-order valence-corrected chi connectivity index (χ3v) is 3.51. The summed E-state index contributed by atoms with van der Waals surface area (Å²) in [5.74, 6) is -0.0967. The number of allylic oxidation sites excluding steroid dienone is 4. The van der Waals surface area contributed by atoms with Crippen LogP contribution in [0.4, 0.5) is 0 Å². The molecule has 0 saturated carbocycles. The maximum absolute atomic E-state index is 12.0. The predicted octanol–water partition coefficient (Wildman–Crippen LogP) is 2.61. The quantitative estimate of drug-likeness (QED) is 0.790. The molecule has 0 radical (unpaired) electrons. The van der Waals surface area contributed by atoms with E-state index in [9.17, 15) is 4.79 Å². The summed E-state index contributed by atoms with van der Waals surface area (Å²) in [6.07, 6.45) is 3.81. The summed E-state index contributed by atoms with van der Waals surface area (Å²) < 4.78 is 0.668. The molecule has 0 unspecified atom stereocenters. The summed E-state index contributed by atoms with van der Waals surface area (Å²) in [5.41, 5.74) is 9.82. The highest BCUT2D eigenvalue weighted by atomic mass is 79.9. The van der Waals surface area contributed by atoms with Crippen molar-refractivity contribution in [2.24, 2.45) is 5.73 Å². The summed E-state index contributed by atoms with van der Waals surface area (Å²) in [5, 5.41) is 0. The van der Waals surface area contributed by atoms with E-state index in [1.165, 1.54) is 0 Å². The van der Waals surface area contributed by atoms with Crippen LogP contribution < -0.4 is 5.73 Å². The summed E-state index contributed by atoms with van der Waals surface area (Å²) in [6.45, 7) is 0. The van der Waals surface area contributed by atoms with Crippen molar-refractivity contribution in [3.05, 3.63) is 57.2 Å². The first kappa shape index (κ1) is 9.60. The van der Waals surface area contributed by atoms with E-state index in [0.29, 0.717) is 10.1 Å². The molecule has 0 saturated heterocycles. The lowest BCUT2D eigenvalue weighted by atomic mass is 9.94. The maximum Gasteiger partial charge on any atom is 0.210 e. The Labute approximate surface area is 101 Å². The number of benzene rings is 1. The van der Waals surface area contributed by atoms with Crippen LogP contribution in [0.3, 0.4) is 0 Å². The monoisotopic (exact) mass is 273 g/mol. The topological polar surface area (TPSA) is 43.1 Å². The minimum absolute atomic E-state index is 0.0967. The van der Waals surface area contributed by atoms with Gasteiger partial charge in [0.1, 0.15) is 0 Å². The zero-order valence-electron chi connectivity index (χ0n) is 8.33. The molecule has 0 aliphatic heterocycles. The van der Waals surface area contributed by atoms with Crippen molar-refractivity contribution in [3.8, 4) is 0 Å². The fraction of sp³-hybridized carbons (Fsp3) is 0. The lowest BCUT2D eigenvalue weighted by Crippen LogP contribution is -2.17. The van der Waals surface area contributed by atoms with Crippen LogP contribution in [0, 0.1) is 0 Å². The molecule has 16 heavy (non-hydrogen) atoms. The molecule has 0 spiro atoms. The normalized spacial score (nSPS) is 17.9. The third kappa shape index (κ3) is 1.15. The van der Waals surface area contributed by atoms with E-state index < -0.39 is 0 Å². The summed E-state index contributed by atoms with van der Waals surface area (Å²) >= 11 is 3.31. The molecule has 1 aromatic carbocycles. The molecular weight excluding hydrogens is 266 g/mol. The van der Waals surface area contributed by atoms with Gasteiger partial charge in [-0.2, -0.15) is 0 Å². The van der Waals surface area contributed by atoms with Crippen molar-refractivity contribution < 1.29 is 4.79 Å². The smallest absolute Gasteiger partial charge is 0.210 e. The summed E-state index contributed by atoms with van der Waals surface area (Å²) in [6, 6.07) is 7.94. The Balaban J connectivity index is 2.28. The predicted molar refractivity (Wildman–Crippen MR) is 67.5 cm³/mol. The van der Waals surface area contributed by atoms with Crippen LogP contribution in [0.2, 0.25) is 0 Å². The van der Waals surface area contributed by atoms with E-state index >= 15 is 0 Å². The molecule has 2 nitrogen and oxygen atoms in total. The second kappa shape index (κ2) is 3.19. The Bertz CT molecular complexity index is 608. The fourth-order valence-electron chi connectivity index (χ4n) is 2.05. The van der Waals surface area contributed by atoms with Gasteiger partial charge in [0, 0.05) is 10.1 Å². The second-order valence-corrected chi connectivity index (χ2v) is 4.65. The van der Waals surface area contributed by atoms with E-state index in [1.807, 2.05) is 36.4 Å². The van der Waals surface area contributed by atoms with Gasteiger partial charge in [0.05, 0.1) is 5.70 Å². The molecule has 0 amide bonds. The van der Waals surface area contributed by atoms with Crippen LogP contribution in [-0.4, -0.2) is 5.78 Å². The van der Waals surface area contributed by atoms with Gasteiger partial charge in [-0.15, -0.1) is 0 Å². The van der Waals surface area contributed by atoms with Gasteiger partial charge in [-0.1, -0.05) is 24.3 Å². The average molecular weight is 274 g/mol. The Morgan fingerprint density at radius 2 is 1.81 bits per heavy atom. The zero-order valence-corrected chi connectivity index (χ0v) is 9.91. The highest BCUT2D eigenvalue weighted by Crippen LogP contribution is 2.40. The fourth-order valence-corrected chi connectivity index (χ4v) is 2.46. The highest BCUT2D eigenvalue weighted by Gasteiger charge is 2.29. The standard InChI is InChI=1S/C13H8BrNO/c14-11-6-9-8-4-2-1-3-7(8)5-10(9)13(16)12(11)15/h1-6H,15H2. The average Bonchev–Trinajstić information content (AvgIpc) is 2.65. The van der Waals surface area contributed by atoms with Crippen molar-refractivity contribution >= 4 is 33.4 Å². The van der Waals surface area contributed by atoms with Crippen LogP contribution in [0.1, 0.15) is 11.1 Å². The first-order chi connectivity index (χ1) is 7.68. The third-order valence-electron chi connectivity index (χ3n) is 2.86. The number of nitrogens with two attached hydrogens (primary N) is 1. The van der Waals surface area contributed by atoms with E-state index in [2.05, 4.69) is 15.9 Å².